The van der Waals surface area contributed by atoms with Crippen LogP contribution < -0.4 is 25.7 Å². The fraction of sp³-hybridized carbons (Fsp3) is 0.212. The first-order chi connectivity index (χ1) is 22.2. The van der Waals surface area contributed by atoms with Crippen molar-refractivity contribution in [1.29, 1.82) is 0 Å². The highest BCUT2D eigenvalue weighted by Gasteiger charge is 2.22. The second kappa shape index (κ2) is 14.2. The summed E-state index contributed by atoms with van der Waals surface area (Å²) < 4.78 is 12.5. The van der Waals surface area contributed by atoms with Gasteiger partial charge in [0.1, 0.15) is 29.3 Å². The SMILES string of the molecule is COc1cc(OC)c(Cl)c(-c2cc3cnc(Nc4ccncn4)nc3n(C(C)c3cccc(NC(=O)/C=C/CN(C)C)c3)c2=O)c1. The zero-order chi connectivity index (χ0) is 32.8. The third-order valence-electron chi connectivity index (χ3n) is 7.12. The molecule has 0 aliphatic rings. The summed E-state index contributed by atoms with van der Waals surface area (Å²) in [5.41, 5.74) is 2.09. The number of benzene rings is 2. The molecular formula is C33H33ClN8O4. The Bertz CT molecular complexity index is 1960. The van der Waals surface area contributed by atoms with Gasteiger partial charge in [0.2, 0.25) is 11.9 Å². The highest BCUT2D eigenvalue weighted by Crippen LogP contribution is 2.39. The maximum Gasteiger partial charge on any atom is 0.260 e. The lowest BCUT2D eigenvalue weighted by Gasteiger charge is -2.21. The average Bonchev–Trinajstić information content (AvgIpc) is 3.05. The third-order valence-corrected chi connectivity index (χ3v) is 7.51. The van der Waals surface area contributed by atoms with Gasteiger partial charge in [-0.05, 0) is 56.9 Å². The van der Waals surface area contributed by atoms with Crippen molar-refractivity contribution in [1.82, 2.24) is 29.4 Å². The first-order valence-corrected chi connectivity index (χ1v) is 14.7. The van der Waals surface area contributed by atoms with E-state index in [9.17, 15) is 9.59 Å². The van der Waals surface area contributed by atoms with Gasteiger partial charge in [0.25, 0.3) is 5.56 Å². The number of rotatable bonds is 11. The minimum absolute atomic E-state index is 0.242. The first kappa shape index (κ1) is 32.1. The van der Waals surface area contributed by atoms with Crippen molar-refractivity contribution in [2.24, 2.45) is 0 Å². The monoisotopic (exact) mass is 640 g/mol. The second-order valence-corrected chi connectivity index (χ2v) is 10.9. The molecule has 0 spiro atoms. The average molecular weight is 641 g/mol. The summed E-state index contributed by atoms with van der Waals surface area (Å²) in [6.45, 7) is 2.52. The van der Waals surface area contributed by atoms with E-state index in [1.807, 2.05) is 44.1 Å². The molecule has 0 fully saturated rings. The summed E-state index contributed by atoms with van der Waals surface area (Å²) in [4.78, 5) is 46.3. The summed E-state index contributed by atoms with van der Waals surface area (Å²) in [5, 5.41) is 6.80. The molecule has 0 aliphatic heterocycles. The number of hydrogen-bond acceptors (Lipinski definition) is 10. The fourth-order valence-corrected chi connectivity index (χ4v) is 5.11. The van der Waals surface area contributed by atoms with Gasteiger partial charge in [-0.25, -0.2) is 15.0 Å². The highest BCUT2D eigenvalue weighted by molar-refractivity contribution is 6.35. The van der Waals surface area contributed by atoms with Gasteiger partial charge in [0, 0.05) is 53.3 Å². The van der Waals surface area contributed by atoms with E-state index in [1.54, 1.807) is 53.4 Å². The number of likely N-dealkylation sites (N-methyl/N-ethyl adjacent to an activating group) is 1. The number of amides is 1. The van der Waals surface area contributed by atoms with Crippen molar-refractivity contribution in [3.8, 4) is 22.6 Å². The predicted molar refractivity (Wildman–Crippen MR) is 179 cm³/mol. The Morgan fingerprint density at radius 1 is 1.09 bits per heavy atom. The summed E-state index contributed by atoms with van der Waals surface area (Å²) in [6.07, 6.45) is 7.90. The number of methoxy groups -OCH3 is 2. The Kier molecular flexibility index (Phi) is 9.89. The molecule has 236 valence electrons. The van der Waals surface area contributed by atoms with Crippen molar-refractivity contribution in [2.45, 2.75) is 13.0 Å². The molecule has 0 radical (unpaired) electrons. The Hall–Kier alpha value is -5.33. The van der Waals surface area contributed by atoms with Crippen LogP contribution in [0, 0.1) is 0 Å². The van der Waals surface area contributed by atoms with Crippen molar-refractivity contribution in [2.75, 3.05) is 45.5 Å². The van der Waals surface area contributed by atoms with Crippen molar-refractivity contribution in [3.63, 3.8) is 0 Å². The molecule has 1 atom stereocenters. The standard InChI is InChI=1S/C33H33ClN8O4/c1-20(21-8-6-9-23(14-21)38-29(43)10-7-13-41(2)3)42-31-22(18-36-33(40-31)39-28-11-12-35-19-37-28)15-26(32(42)44)25-16-24(45-4)17-27(46-5)30(25)34/h6-12,14-20H,13H2,1-5H3,(H,38,43)(H,35,36,37,39,40)/b10-7+. The van der Waals surface area contributed by atoms with Crippen LogP contribution in [0.1, 0.15) is 18.5 Å². The van der Waals surface area contributed by atoms with Crippen LogP contribution in [0.25, 0.3) is 22.2 Å². The van der Waals surface area contributed by atoms with E-state index in [1.165, 1.54) is 26.6 Å². The van der Waals surface area contributed by atoms with Gasteiger partial charge in [-0.3, -0.25) is 14.2 Å². The van der Waals surface area contributed by atoms with Gasteiger partial charge >= 0.3 is 0 Å². The molecule has 1 unspecified atom stereocenters. The van der Waals surface area contributed by atoms with Gasteiger partial charge in [-0.1, -0.05) is 29.8 Å². The second-order valence-electron chi connectivity index (χ2n) is 10.6. The molecule has 1 amide bonds. The maximum absolute atomic E-state index is 14.5. The Labute approximate surface area is 270 Å². The number of nitrogens with one attached hydrogen (secondary N) is 2. The molecule has 5 rings (SSSR count). The fourth-order valence-electron chi connectivity index (χ4n) is 4.83. The third kappa shape index (κ3) is 7.14. The van der Waals surface area contributed by atoms with E-state index < -0.39 is 6.04 Å². The molecule has 0 saturated carbocycles. The van der Waals surface area contributed by atoms with E-state index in [-0.39, 0.29) is 22.4 Å². The number of halogens is 1. The van der Waals surface area contributed by atoms with Gasteiger partial charge in [0.05, 0.1) is 25.3 Å². The number of pyridine rings is 1. The van der Waals surface area contributed by atoms with Crippen LogP contribution in [0.3, 0.4) is 0 Å². The molecule has 3 heterocycles. The smallest absolute Gasteiger partial charge is 0.260 e. The number of hydrogen-bond donors (Lipinski definition) is 2. The lowest BCUT2D eigenvalue weighted by atomic mass is 10.0. The van der Waals surface area contributed by atoms with E-state index in [0.717, 1.165) is 5.56 Å². The normalized spacial score (nSPS) is 12.0. The molecular weight excluding hydrogens is 608 g/mol. The lowest BCUT2D eigenvalue weighted by molar-refractivity contribution is -0.111. The molecule has 2 aromatic carbocycles. The summed E-state index contributed by atoms with van der Waals surface area (Å²) in [7, 11) is 6.87. The van der Waals surface area contributed by atoms with Crippen LogP contribution in [-0.2, 0) is 4.79 Å². The first-order valence-electron chi connectivity index (χ1n) is 14.3. The minimum Gasteiger partial charge on any atom is -0.497 e. The lowest BCUT2D eigenvalue weighted by Crippen LogP contribution is -2.27. The Morgan fingerprint density at radius 3 is 2.63 bits per heavy atom. The van der Waals surface area contributed by atoms with E-state index in [2.05, 4.69) is 25.6 Å². The Morgan fingerprint density at radius 2 is 1.91 bits per heavy atom. The van der Waals surface area contributed by atoms with Crippen LogP contribution in [0.2, 0.25) is 5.02 Å². The molecule has 2 N–H and O–H groups in total. The molecule has 3 aromatic heterocycles. The van der Waals surface area contributed by atoms with Gasteiger partial charge in [-0.15, -0.1) is 0 Å². The summed E-state index contributed by atoms with van der Waals surface area (Å²) in [5.74, 6) is 1.31. The highest BCUT2D eigenvalue weighted by atomic mass is 35.5. The number of nitrogens with zero attached hydrogens (tertiary/aromatic N) is 6. The van der Waals surface area contributed by atoms with Crippen LogP contribution >= 0.6 is 11.6 Å². The van der Waals surface area contributed by atoms with Gasteiger partial charge in [0.15, 0.2) is 0 Å². The molecule has 12 nitrogen and oxygen atoms in total. The minimum atomic E-state index is -0.538. The topological polar surface area (TPSA) is 136 Å². The zero-order valence-corrected chi connectivity index (χ0v) is 26.7. The molecule has 0 aliphatic carbocycles. The zero-order valence-electron chi connectivity index (χ0n) is 26.0. The number of ether oxygens (including phenoxy) is 2. The van der Waals surface area contributed by atoms with Crippen molar-refractivity contribution < 1.29 is 14.3 Å². The van der Waals surface area contributed by atoms with Crippen LogP contribution in [0.4, 0.5) is 17.5 Å². The van der Waals surface area contributed by atoms with E-state index in [4.69, 9.17) is 26.1 Å². The number of anilines is 3. The number of carbonyl (C=O) groups is 1. The van der Waals surface area contributed by atoms with E-state index in [0.29, 0.717) is 51.7 Å². The van der Waals surface area contributed by atoms with Crippen molar-refractivity contribution >= 4 is 46.0 Å². The number of carbonyl (C=O) groups excluding carboxylic acids is 1. The molecule has 0 bridgehead atoms. The number of fused-ring (bicyclic) bond motifs is 1. The van der Waals surface area contributed by atoms with Gasteiger partial charge in [-0.2, -0.15) is 4.98 Å². The van der Waals surface area contributed by atoms with Gasteiger partial charge < -0.3 is 25.0 Å². The summed E-state index contributed by atoms with van der Waals surface area (Å²) >= 11 is 6.75. The van der Waals surface area contributed by atoms with Crippen LogP contribution in [-0.4, -0.2) is 70.2 Å². The largest absolute Gasteiger partial charge is 0.497 e. The predicted octanol–water partition coefficient (Wildman–Crippen LogP) is 5.33. The molecule has 0 saturated heterocycles. The molecule has 13 heteroatoms. The summed E-state index contributed by atoms with van der Waals surface area (Å²) in [6, 6.07) is 13.5. The Balaban J connectivity index is 1.65. The molecule has 5 aromatic rings. The van der Waals surface area contributed by atoms with Crippen LogP contribution in [0.5, 0.6) is 11.5 Å². The van der Waals surface area contributed by atoms with E-state index >= 15 is 0 Å². The number of aromatic nitrogens is 5. The maximum atomic E-state index is 14.5. The quantitative estimate of drug-likeness (QED) is 0.182. The van der Waals surface area contributed by atoms with Crippen molar-refractivity contribution in [3.05, 3.63) is 100 Å². The molecule has 46 heavy (non-hydrogen) atoms. The van der Waals surface area contributed by atoms with Crippen LogP contribution in [0.15, 0.2) is 84.2 Å².